The van der Waals surface area contributed by atoms with Crippen LogP contribution in [0, 0.1) is 5.82 Å². The van der Waals surface area contributed by atoms with Crippen LogP contribution in [0.4, 0.5) is 4.39 Å². The number of ether oxygens (including phenoxy) is 1. The third-order valence-corrected chi connectivity index (χ3v) is 5.18. The molecule has 5 nitrogen and oxygen atoms in total. The minimum atomic E-state index is -0.300. The van der Waals surface area contributed by atoms with Gasteiger partial charge in [-0.1, -0.05) is 17.7 Å². The second-order valence-corrected chi connectivity index (χ2v) is 7.20. The van der Waals surface area contributed by atoms with E-state index in [4.69, 9.17) is 16.3 Å². The fraction of sp³-hybridized carbons (Fsp3) is 0.238. The number of rotatable bonds is 4. The topological polar surface area (TPSA) is 58.2 Å². The molecule has 7 heteroatoms. The lowest BCUT2D eigenvalue weighted by atomic mass is 10.0. The van der Waals surface area contributed by atoms with Gasteiger partial charge in [-0.2, -0.15) is 0 Å². The van der Waals surface area contributed by atoms with Gasteiger partial charge in [-0.25, -0.2) is 9.37 Å². The van der Waals surface area contributed by atoms with Crippen molar-refractivity contribution in [3.05, 3.63) is 80.5 Å². The summed E-state index contributed by atoms with van der Waals surface area (Å²) in [7, 11) is 1.51. The largest absolute Gasteiger partial charge is 0.497 e. The lowest BCUT2D eigenvalue weighted by Crippen LogP contribution is -2.35. The van der Waals surface area contributed by atoms with Crippen molar-refractivity contribution < 1.29 is 9.13 Å². The summed E-state index contributed by atoms with van der Waals surface area (Å²) in [5.74, 6) is 0.704. The molecular formula is C21H19ClFN3O2. The van der Waals surface area contributed by atoms with Crippen LogP contribution < -0.4 is 10.3 Å². The first-order valence-electron chi connectivity index (χ1n) is 8.96. The van der Waals surface area contributed by atoms with Gasteiger partial charge in [0, 0.05) is 47.4 Å². The maximum atomic E-state index is 14.3. The van der Waals surface area contributed by atoms with Crippen LogP contribution in [0.15, 0.2) is 47.3 Å². The molecule has 1 N–H and O–H groups in total. The van der Waals surface area contributed by atoms with E-state index in [1.165, 1.54) is 13.2 Å². The van der Waals surface area contributed by atoms with Crippen molar-refractivity contribution in [3.8, 4) is 17.1 Å². The molecule has 0 amide bonds. The monoisotopic (exact) mass is 399 g/mol. The third-order valence-electron chi connectivity index (χ3n) is 4.92. The molecule has 1 aliphatic heterocycles. The van der Waals surface area contributed by atoms with Gasteiger partial charge < -0.3 is 9.72 Å². The number of aromatic nitrogens is 2. The fourth-order valence-electron chi connectivity index (χ4n) is 3.40. The standard InChI is InChI=1S/C21H19ClFN3O2/c1-28-16-7-4-14(18(23)10-16)11-26-9-8-17-19(12-26)24-20(25-21(17)27)13-2-5-15(22)6-3-13/h2-7,10H,8-9,11-12H2,1H3,(H,24,25,27). The van der Waals surface area contributed by atoms with Crippen molar-refractivity contribution in [2.75, 3.05) is 13.7 Å². The van der Waals surface area contributed by atoms with Crippen molar-refractivity contribution in [1.29, 1.82) is 0 Å². The first kappa shape index (κ1) is 18.7. The zero-order valence-corrected chi connectivity index (χ0v) is 16.1. The van der Waals surface area contributed by atoms with Crippen LogP contribution in [0.2, 0.25) is 5.02 Å². The van der Waals surface area contributed by atoms with Crippen LogP contribution in [0.5, 0.6) is 5.75 Å². The van der Waals surface area contributed by atoms with E-state index in [1.54, 1.807) is 24.3 Å². The van der Waals surface area contributed by atoms with E-state index in [-0.39, 0.29) is 11.4 Å². The van der Waals surface area contributed by atoms with Crippen LogP contribution in [0.1, 0.15) is 16.8 Å². The SMILES string of the molecule is COc1ccc(CN2CCc3c(nc(-c4ccc(Cl)cc4)[nH]c3=O)C2)c(F)c1. The molecule has 144 valence electrons. The Morgan fingerprint density at radius 2 is 2.04 bits per heavy atom. The van der Waals surface area contributed by atoms with Crippen LogP contribution in [0.25, 0.3) is 11.4 Å². The number of methoxy groups -OCH3 is 1. The highest BCUT2D eigenvalue weighted by Gasteiger charge is 2.22. The van der Waals surface area contributed by atoms with Gasteiger partial charge in [0.25, 0.3) is 5.56 Å². The minimum absolute atomic E-state index is 0.120. The molecule has 0 fully saturated rings. The summed E-state index contributed by atoms with van der Waals surface area (Å²) in [5, 5.41) is 0.622. The second kappa shape index (κ2) is 7.73. The summed E-state index contributed by atoms with van der Waals surface area (Å²) in [6.45, 7) is 1.61. The molecule has 0 unspecified atom stereocenters. The van der Waals surface area contributed by atoms with Gasteiger partial charge in [0.2, 0.25) is 0 Å². The van der Waals surface area contributed by atoms with E-state index >= 15 is 0 Å². The van der Waals surface area contributed by atoms with E-state index in [1.807, 2.05) is 12.1 Å². The first-order chi connectivity index (χ1) is 13.5. The van der Waals surface area contributed by atoms with Crippen LogP contribution >= 0.6 is 11.6 Å². The normalized spacial score (nSPS) is 14.0. The predicted molar refractivity (Wildman–Crippen MR) is 106 cm³/mol. The van der Waals surface area contributed by atoms with Crippen LogP contribution in [-0.4, -0.2) is 28.5 Å². The van der Waals surface area contributed by atoms with Gasteiger partial charge in [-0.3, -0.25) is 9.69 Å². The number of halogens is 2. The number of nitrogens with zero attached hydrogens (tertiary/aromatic N) is 2. The van der Waals surface area contributed by atoms with Crippen molar-refractivity contribution in [3.63, 3.8) is 0 Å². The molecule has 2 heterocycles. The molecule has 3 aromatic rings. The molecule has 0 bridgehead atoms. The lowest BCUT2D eigenvalue weighted by Gasteiger charge is -2.28. The van der Waals surface area contributed by atoms with E-state index in [2.05, 4.69) is 14.9 Å². The Morgan fingerprint density at radius 1 is 1.25 bits per heavy atom. The van der Waals surface area contributed by atoms with Crippen molar-refractivity contribution >= 4 is 11.6 Å². The van der Waals surface area contributed by atoms with Gasteiger partial charge in [0.05, 0.1) is 12.8 Å². The number of hydrogen-bond donors (Lipinski definition) is 1. The average Bonchev–Trinajstić information content (AvgIpc) is 2.69. The highest BCUT2D eigenvalue weighted by molar-refractivity contribution is 6.30. The summed E-state index contributed by atoms with van der Waals surface area (Å²) < 4.78 is 19.3. The van der Waals surface area contributed by atoms with E-state index in [0.29, 0.717) is 53.8 Å². The van der Waals surface area contributed by atoms with Crippen molar-refractivity contribution in [2.45, 2.75) is 19.5 Å². The molecule has 1 aliphatic rings. The Bertz CT molecular complexity index is 1070. The van der Waals surface area contributed by atoms with Crippen molar-refractivity contribution in [1.82, 2.24) is 14.9 Å². The molecule has 0 spiro atoms. The lowest BCUT2D eigenvalue weighted by molar-refractivity contribution is 0.237. The van der Waals surface area contributed by atoms with E-state index in [9.17, 15) is 9.18 Å². The Hall–Kier alpha value is -2.70. The highest BCUT2D eigenvalue weighted by Crippen LogP contribution is 2.23. The summed E-state index contributed by atoms with van der Waals surface area (Å²) in [4.78, 5) is 22.1. The molecule has 4 rings (SSSR count). The maximum absolute atomic E-state index is 14.3. The second-order valence-electron chi connectivity index (χ2n) is 6.76. The molecule has 0 atom stereocenters. The Balaban J connectivity index is 1.59. The first-order valence-corrected chi connectivity index (χ1v) is 9.34. The number of fused-ring (bicyclic) bond motifs is 1. The maximum Gasteiger partial charge on any atom is 0.254 e. The third kappa shape index (κ3) is 3.79. The fourth-order valence-corrected chi connectivity index (χ4v) is 3.52. The van der Waals surface area contributed by atoms with Gasteiger partial charge >= 0.3 is 0 Å². The van der Waals surface area contributed by atoms with Gasteiger partial charge in [-0.05, 0) is 36.8 Å². The molecule has 28 heavy (non-hydrogen) atoms. The summed E-state index contributed by atoms with van der Waals surface area (Å²) in [6, 6.07) is 12.0. The summed E-state index contributed by atoms with van der Waals surface area (Å²) in [5.41, 5.74) is 2.69. The quantitative estimate of drug-likeness (QED) is 0.725. The Morgan fingerprint density at radius 3 is 2.75 bits per heavy atom. The molecule has 0 radical (unpaired) electrons. The Labute approximate surface area is 166 Å². The molecule has 0 aliphatic carbocycles. The zero-order valence-electron chi connectivity index (χ0n) is 15.3. The van der Waals surface area contributed by atoms with Crippen LogP contribution in [0.3, 0.4) is 0 Å². The Kier molecular flexibility index (Phi) is 5.15. The predicted octanol–water partition coefficient (Wildman–Crippen LogP) is 3.80. The number of hydrogen-bond acceptors (Lipinski definition) is 4. The van der Waals surface area contributed by atoms with Gasteiger partial charge in [-0.15, -0.1) is 0 Å². The van der Waals surface area contributed by atoms with Crippen molar-refractivity contribution in [2.24, 2.45) is 0 Å². The summed E-state index contributed by atoms with van der Waals surface area (Å²) in [6.07, 6.45) is 0.580. The van der Waals surface area contributed by atoms with Crippen LogP contribution in [-0.2, 0) is 19.5 Å². The summed E-state index contributed by atoms with van der Waals surface area (Å²) >= 11 is 5.94. The minimum Gasteiger partial charge on any atom is -0.497 e. The number of nitrogens with one attached hydrogen (secondary N) is 1. The highest BCUT2D eigenvalue weighted by atomic mass is 35.5. The van der Waals surface area contributed by atoms with E-state index in [0.717, 1.165) is 11.3 Å². The number of aromatic amines is 1. The smallest absolute Gasteiger partial charge is 0.254 e. The zero-order chi connectivity index (χ0) is 19.7. The molecular weight excluding hydrogens is 381 g/mol. The molecule has 2 aromatic carbocycles. The molecule has 0 saturated heterocycles. The van der Waals surface area contributed by atoms with E-state index < -0.39 is 0 Å². The van der Waals surface area contributed by atoms with Gasteiger partial charge in [0.1, 0.15) is 17.4 Å². The van der Waals surface area contributed by atoms with Gasteiger partial charge in [0.15, 0.2) is 0 Å². The average molecular weight is 400 g/mol. The molecule has 0 saturated carbocycles. The number of benzene rings is 2. The number of H-pyrrole nitrogens is 1. The molecule has 1 aromatic heterocycles.